The second kappa shape index (κ2) is 6.34. The molecule has 1 aromatic rings. The van der Waals surface area contributed by atoms with E-state index in [0.717, 1.165) is 24.8 Å². The number of aliphatic hydroxyl groups is 1. The van der Waals surface area contributed by atoms with Crippen molar-refractivity contribution in [2.75, 3.05) is 13.1 Å². The van der Waals surface area contributed by atoms with Crippen LogP contribution < -0.4 is 5.32 Å². The SMILES string of the molecule is O=C1N(Cc2ccc(F)cc2)CCCC1(O)CNC1CCC1. The number of amides is 1. The molecule has 4 nitrogen and oxygen atoms in total. The van der Waals surface area contributed by atoms with Crippen LogP contribution in [-0.4, -0.2) is 40.6 Å². The predicted octanol–water partition coefficient (Wildman–Crippen LogP) is 1.82. The highest BCUT2D eigenvalue weighted by atomic mass is 19.1. The highest BCUT2D eigenvalue weighted by Crippen LogP contribution is 2.25. The van der Waals surface area contributed by atoms with Crippen molar-refractivity contribution in [2.24, 2.45) is 0 Å². The number of nitrogens with zero attached hydrogens (tertiary/aromatic N) is 1. The van der Waals surface area contributed by atoms with Crippen LogP contribution >= 0.6 is 0 Å². The molecule has 1 aromatic carbocycles. The summed E-state index contributed by atoms with van der Waals surface area (Å²) in [5.41, 5.74) is -0.417. The Morgan fingerprint density at radius 1 is 1.27 bits per heavy atom. The van der Waals surface area contributed by atoms with Crippen LogP contribution in [0.2, 0.25) is 0 Å². The van der Waals surface area contributed by atoms with E-state index in [1.807, 2.05) is 0 Å². The molecule has 22 heavy (non-hydrogen) atoms. The molecule has 1 heterocycles. The predicted molar refractivity (Wildman–Crippen MR) is 81.6 cm³/mol. The van der Waals surface area contributed by atoms with Crippen molar-refractivity contribution < 1.29 is 14.3 Å². The molecule has 2 N–H and O–H groups in total. The van der Waals surface area contributed by atoms with E-state index < -0.39 is 5.60 Å². The summed E-state index contributed by atoms with van der Waals surface area (Å²) in [6, 6.07) is 6.61. The highest BCUT2D eigenvalue weighted by Gasteiger charge is 2.42. The zero-order valence-corrected chi connectivity index (χ0v) is 12.7. The normalized spacial score (nSPS) is 26.1. The fourth-order valence-corrected chi connectivity index (χ4v) is 3.12. The first-order valence-electron chi connectivity index (χ1n) is 8.06. The van der Waals surface area contributed by atoms with Crippen molar-refractivity contribution in [3.8, 4) is 0 Å². The minimum atomic E-state index is -1.30. The topological polar surface area (TPSA) is 52.6 Å². The maximum absolute atomic E-state index is 13.0. The number of likely N-dealkylation sites (tertiary alicyclic amines) is 1. The summed E-state index contributed by atoms with van der Waals surface area (Å²) in [6.07, 6.45) is 4.77. The Hall–Kier alpha value is -1.46. The maximum atomic E-state index is 13.0. The third kappa shape index (κ3) is 3.31. The molecule has 1 saturated heterocycles. The van der Waals surface area contributed by atoms with Gasteiger partial charge < -0.3 is 15.3 Å². The maximum Gasteiger partial charge on any atom is 0.256 e. The quantitative estimate of drug-likeness (QED) is 0.872. The highest BCUT2D eigenvalue weighted by molar-refractivity contribution is 5.86. The van der Waals surface area contributed by atoms with E-state index in [0.29, 0.717) is 32.1 Å². The zero-order valence-electron chi connectivity index (χ0n) is 12.7. The molecule has 1 atom stereocenters. The van der Waals surface area contributed by atoms with Gasteiger partial charge in [0.2, 0.25) is 0 Å². The Bertz CT molecular complexity index is 530. The van der Waals surface area contributed by atoms with Crippen molar-refractivity contribution in [1.82, 2.24) is 10.2 Å². The molecule has 1 amide bonds. The van der Waals surface area contributed by atoms with Gasteiger partial charge in [-0.05, 0) is 43.4 Å². The molecule has 5 heteroatoms. The summed E-state index contributed by atoms with van der Waals surface area (Å²) in [5, 5.41) is 14.0. The lowest BCUT2D eigenvalue weighted by molar-refractivity contribution is -0.157. The van der Waals surface area contributed by atoms with Crippen molar-refractivity contribution in [2.45, 2.75) is 50.3 Å². The lowest BCUT2D eigenvalue weighted by Gasteiger charge is -2.40. The lowest BCUT2D eigenvalue weighted by Crippen LogP contribution is -2.59. The number of carbonyl (C=O) groups excluding carboxylic acids is 1. The van der Waals surface area contributed by atoms with Crippen LogP contribution in [0.3, 0.4) is 0 Å². The summed E-state index contributed by atoms with van der Waals surface area (Å²) in [5.74, 6) is -0.496. The van der Waals surface area contributed by atoms with Gasteiger partial charge in [0.15, 0.2) is 5.60 Å². The lowest BCUT2D eigenvalue weighted by atomic mass is 9.88. The molecule has 1 saturated carbocycles. The Balaban J connectivity index is 1.62. The third-order valence-corrected chi connectivity index (χ3v) is 4.78. The minimum Gasteiger partial charge on any atom is -0.379 e. The molecule has 120 valence electrons. The van der Waals surface area contributed by atoms with Crippen LogP contribution in [0.15, 0.2) is 24.3 Å². The number of hydrogen-bond acceptors (Lipinski definition) is 3. The van der Waals surface area contributed by atoms with Gasteiger partial charge in [-0.2, -0.15) is 0 Å². The Morgan fingerprint density at radius 3 is 2.64 bits per heavy atom. The summed E-state index contributed by atoms with van der Waals surface area (Å²) >= 11 is 0. The number of benzene rings is 1. The molecule has 0 spiro atoms. The minimum absolute atomic E-state index is 0.213. The van der Waals surface area contributed by atoms with Gasteiger partial charge >= 0.3 is 0 Å². The Labute approximate surface area is 130 Å². The molecule has 3 rings (SSSR count). The van der Waals surface area contributed by atoms with E-state index in [-0.39, 0.29) is 11.7 Å². The number of carbonyl (C=O) groups is 1. The third-order valence-electron chi connectivity index (χ3n) is 4.78. The van der Waals surface area contributed by atoms with Gasteiger partial charge in [-0.25, -0.2) is 4.39 Å². The average molecular weight is 306 g/mol. The number of nitrogens with one attached hydrogen (secondary N) is 1. The smallest absolute Gasteiger partial charge is 0.256 e. The summed E-state index contributed by atoms with van der Waals surface area (Å²) in [7, 11) is 0. The summed E-state index contributed by atoms with van der Waals surface area (Å²) in [4.78, 5) is 14.3. The molecular formula is C17H23FN2O2. The fourth-order valence-electron chi connectivity index (χ4n) is 3.12. The van der Waals surface area contributed by atoms with Crippen LogP contribution in [0.1, 0.15) is 37.7 Å². The molecule has 2 fully saturated rings. The Kier molecular flexibility index (Phi) is 4.45. The number of piperidine rings is 1. The monoisotopic (exact) mass is 306 g/mol. The van der Waals surface area contributed by atoms with E-state index >= 15 is 0 Å². The number of hydrogen-bond donors (Lipinski definition) is 2. The molecule has 1 aliphatic heterocycles. The molecular weight excluding hydrogens is 283 g/mol. The van der Waals surface area contributed by atoms with Crippen molar-refractivity contribution in [1.29, 1.82) is 0 Å². The van der Waals surface area contributed by atoms with E-state index in [2.05, 4.69) is 5.32 Å². The van der Waals surface area contributed by atoms with Crippen LogP contribution in [-0.2, 0) is 11.3 Å². The van der Waals surface area contributed by atoms with E-state index in [4.69, 9.17) is 0 Å². The van der Waals surface area contributed by atoms with Gasteiger partial charge in [0.1, 0.15) is 5.82 Å². The van der Waals surface area contributed by atoms with Crippen LogP contribution in [0.25, 0.3) is 0 Å². The Morgan fingerprint density at radius 2 is 2.00 bits per heavy atom. The van der Waals surface area contributed by atoms with Gasteiger partial charge in [-0.1, -0.05) is 18.6 Å². The number of halogens is 1. The first-order valence-corrected chi connectivity index (χ1v) is 8.06. The molecule has 2 aliphatic rings. The average Bonchev–Trinajstić information content (AvgIpc) is 2.45. The standard InChI is InChI=1S/C17H23FN2O2/c18-14-7-5-13(6-8-14)11-20-10-2-9-17(22,16(20)21)12-19-15-3-1-4-15/h5-8,15,19,22H,1-4,9-12H2. The van der Waals surface area contributed by atoms with Gasteiger partial charge in [0, 0.05) is 25.7 Å². The first-order chi connectivity index (χ1) is 10.6. The van der Waals surface area contributed by atoms with Gasteiger partial charge in [0.05, 0.1) is 0 Å². The largest absolute Gasteiger partial charge is 0.379 e. The van der Waals surface area contributed by atoms with Gasteiger partial charge in [-0.3, -0.25) is 4.79 Å². The number of rotatable bonds is 5. The van der Waals surface area contributed by atoms with Gasteiger partial charge in [0.25, 0.3) is 5.91 Å². The van der Waals surface area contributed by atoms with E-state index in [1.54, 1.807) is 17.0 Å². The summed E-state index contributed by atoms with van der Waals surface area (Å²) in [6.45, 7) is 1.39. The fraction of sp³-hybridized carbons (Fsp3) is 0.588. The van der Waals surface area contributed by atoms with Crippen LogP contribution in [0.4, 0.5) is 4.39 Å². The molecule has 1 unspecified atom stereocenters. The molecule has 1 aliphatic carbocycles. The van der Waals surface area contributed by atoms with Crippen molar-refractivity contribution >= 4 is 5.91 Å². The van der Waals surface area contributed by atoms with E-state index in [9.17, 15) is 14.3 Å². The molecule has 0 bridgehead atoms. The first kappa shape index (κ1) is 15.4. The summed E-state index contributed by atoms with van der Waals surface area (Å²) < 4.78 is 13.0. The molecule has 0 radical (unpaired) electrons. The van der Waals surface area contributed by atoms with Crippen LogP contribution in [0, 0.1) is 5.82 Å². The molecule has 0 aromatic heterocycles. The van der Waals surface area contributed by atoms with Gasteiger partial charge in [-0.15, -0.1) is 0 Å². The van der Waals surface area contributed by atoms with Crippen molar-refractivity contribution in [3.05, 3.63) is 35.6 Å². The zero-order chi connectivity index (χ0) is 15.6. The second-order valence-corrected chi connectivity index (χ2v) is 6.50. The van der Waals surface area contributed by atoms with E-state index in [1.165, 1.54) is 18.6 Å². The van der Waals surface area contributed by atoms with Crippen LogP contribution in [0.5, 0.6) is 0 Å². The second-order valence-electron chi connectivity index (χ2n) is 6.50. The van der Waals surface area contributed by atoms with Crippen molar-refractivity contribution in [3.63, 3.8) is 0 Å².